The van der Waals surface area contributed by atoms with Crippen LogP contribution in [0.15, 0.2) is 18.3 Å². The van der Waals surface area contributed by atoms with Crippen LogP contribution in [0.5, 0.6) is 0 Å². The minimum absolute atomic E-state index is 0.0126. The Balaban J connectivity index is 1.52. The summed E-state index contributed by atoms with van der Waals surface area (Å²) in [6.45, 7) is 5.85. The van der Waals surface area contributed by atoms with Crippen molar-refractivity contribution in [3.8, 4) is 16.6 Å². The van der Waals surface area contributed by atoms with Crippen LogP contribution in [0.4, 0.5) is 0 Å². The van der Waals surface area contributed by atoms with E-state index < -0.39 is 0 Å². The Bertz CT molecular complexity index is 841. The predicted molar refractivity (Wildman–Crippen MR) is 106 cm³/mol. The third-order valence-electron chi connectivity index (χ3n) is 4.86. The Hall–Kier alpha value is -2.30. The van der Waals surface area contributed by atoms with Gasteiger partial charge in [-0.2, -0.15) is 5.26 Å². The number of thiazole rings is 1. The Morgan fingerprint density at radius 3 is 3.15 bits per heavy atom. The van der Waals surface area contributed by atoms with E-state index in [2.05, 4.69) is 36.3 Å². The molecule has 1 amide bonds. The molecule has 0 saturated carbocycles. The summed E-state index contributed by atoms with van der Waals surface area (Å²) in [5.41, 5.74) is 3.25. The first kappa shape index (κ1) is 19.5. The molecule has 1 saturated heterocycles. The van der Waals surface area contributed by atoms with Crippen molar-refractivity contribution in [3.63, 3.8) is 0 Å². The number of hydrogen-bond acceptors (Lipinski definition) is 6. The Kier molecular flexibility index (Phi) is 6.54. The van der Waals surface area contributed by atoms with Crippen molar-refractivity contribution >= 4 is 17.2 Å². The first-order valence-electron chi connectivity index (χ1n) is 9.43. The lowest BCUT2D eigenvalue weighted by molar-refractivity contribution is -0.130. The Morgan fingerprint density at radius 2 is 2.37 bits per heavy atom. The van der Waals surface area contributed by atoms with Gasteiger partial charge in [-0.3, -0.25) is 9.78 Å². The van der Waals surface area contributed by atoms with Gasteiger partial charge in [-0.05, 0) is 38.3 Å². The number of nitrogens with zero attached hydrogens (tertiary/aromatic N) is 4. The summed E-state index contributed by atoms with van der Waals surface area (Å²) < 4.78 is 0. The number of rotatable bonds is 7. The highest BCUT2D eigenvalue weighted by Gasteiger charge is 2.27. The molecule has 0 aromatic carbocycles. The molecule has 1 fully saturated rings. The van der Waals surface area contributed by atoms with E-state index >= 15 is 0 Å². The molecule has 3 heterocycles. The van der Waals surface area contributed by atoms with E-state index in [9.17, 15) is 4.79 Å². The lowest BCUT2D eigenvalue weighted by Gasteiger charge is -2.19. The van der Waals surface area contributed by atoms with Gasteiger partial charge in [0.15, 0.2) is 0 Å². The standard InChI is InChI=1S/C20H25N5OS/c1-3-16-11-15(6-9-23-16)20-24-18(14(2)27-20)7-8-22-13-19(26)25-10-4-5-17(25)12-21/h6,9,11,17,22H,3-5,7-8,10,13H2,1-2H3/t17-/m0/s1. The van der Waals surface area contributed by atoms with Crippen molar-refractivity contribution in [3.05, 3.63) is 34.6 Å². The monoisotopic (exact) mass is 383 g/mol. The zero-order valence-corrected chi connectivity index (χ0v) is 16.7. The maximum Gasteiger partial charge on any atom is 0.237 e. The number of hydrogen-bond donors (Lipinski definition) is 1. The molecule has 1 atom stereocenters. The molecule has 0 radical (unpaired) electrons. The lowest BCUT2D eigenvalue weighted by atomic mass is 10.2. The van der Waals surface area contributed by atoms with Crippen LogP contribution in [0, 0.1) is 18.3 Å². The molecule has 27 heavy (non-hydrogen) atoms. The zero-order valence-electron chi connectivity index (χ0n) is 15.9. The van der Waals surface area contributed by atoms with Gasteiger partial charge >= 0.3 is 0 Å². The number of likely N-dealkylation sites (tertiary alicyclic amines) is 1. The number of carbonyl (C=O) groups excluding carboxylic acids is 1. The van der Waals surface area contributed by atoms with Crippen LogP contribution in [0.2, 0.25) is 0 Å². The summed E-state index contributed by atoms with van der Waals surface area (Å²) in [6, 6.07) is 6.05. The van der Waals surface area contributed by atoms with Crippen LogP contribution >= 0.6 is 11.3 Å². The molecule has 0 unspecified atom stereocenters. The van der Waals surface area contributed by atoms with E-state index in [1.54, 1.807) is 16.2 Å². The second-order valence-electron chi connectivity index (χ2n) is 6.71. The first-order chi connectivity index (χ1) is 13.1. The fourth-order valence-electron chi connectivity index (χ4n) is 3.29. The minimum Gasteiger partial charge on any atom is -0.326 e. The molecule has 0 bridgehead atoms. The molecule has 6 nitrogen and oxygen atoms in total. The second kappa shape index (κ2) is 9.07. The highest BCUT2D eigenvalue weighted by Crippen LogP contribution is 2.28. The van der Waals surface area contributed by atoms with Crippen LogP contribution in [0.25, 0.3) is 10.6 Å². The van der Waals surface area contributed by atoms with Gasteiger partial charge in [0.05, 0.1) is 18.3 Å². The van der Waals surface area contributed by atoms with Gasteiger partial charge in [0.25, 0.3) is 0 Å². The fraction of sp³-hybridized carbons (Fsp3) is 0.500. The van der Waals surface area contributed by atoms with Gasteiger partial charge in [-0.15, -0.1) is 11.3 Å². The SMILES string of the molecule is CCc1cc(-c2nc(CCNCC(=O)N3CCC[C@H]3C#N)c(C)s2)ccn1. The van der Waals surface area contributed by atoms with Gasteiger partial charge in [-0.25, -0.2) is 4.98 Å². The zero-order chi connectivity index (χ0) is 19.2. The lowest BCUT2D eigenvalue weighted by Crippen LogP contribution is -2.41. The number of aryl methyl sites for hydroxylation is 2. The van der Waals surface area contributed by atoms with E-state index in [0.717, 1.165) is 47.6 Å². The number of nitrogens with one attached hydrogen (secondary N) is 1. The Morgan fingerprint density at radius 1 is 1.52 bits per heavy atom. The molecule has 1 aliphatic heterocycles. The van der Waals surface area contributed by atoms with Gasteiger partial charge in [0.2, 0.25) is 5.91 Å². The van der Waals surface area contributed by atoms with Crippen LogP contribution in [0.3, 0.4) is 0 Å². The maximum absolute atomic E-state index is 12.2. The third-order valence-corrected chi connectivity index (χ3v) is 5.92. The number of aromatic nitrogens is 2. The quantitative estimate of drug-likeness (QED) is 0.744. The molecular formula is C20H25N5OS. The second-order valence-corrected chi connectivity index (χ2v) is 7.92. The highest BCUT2D eigenvalue weighted by molar-refractivity contribution is 7.15. The van der Waals surface area contributed by atoms with Gasteiger partial charge in [0.1, 0.15) is 11.0 Å². The topological polar surface area (TPSA) is 81.9 Å². The van der Waals surface area contributed by atoms with E-state index in [1.807, 2.05) is 12.3 Å². The fourth-order valence-corrected chi connectivity index (χ4v) is 4.25. The highest BCUT2D eigenvalue weighted by atomic mass is 32.1. The van der Waals surface area contributed by atoms with Crippen molar-refractivity contribution in [2.24, 2.45) is 0 Å². The average molecular weight is 384 g/mol. The maximum atomic E-state index is 12.2. The predicted octanol–water partition coefficient (Wildman–Crippen LogP) is 2.72. The summed E-state index contributed by atoms with van der Waals surface area (Å²) >= 11 is 1.70. The summed E-state index contributed by atoms with van der Waals surface area (Å²) in [7, 11) is 0. The molecule has 2 aromatic rings. The van der Waals surface area contributed by atoms with Gasteiger partial charge in [-0.1, -0.05) is 6.92 Å². The van der Waals surface area contributed by atoms with Crippen molar-refractivity contribution in [2.75, 3.05) is 19.6 Å². The van der Waals surface area contributed by atoms with Crippen molar-refractivity contribution in [1.29, 1.82) is 5.26 Å². The molecule has 1 N–H and O–H groups in total. The largest absolute Gasteiger partial charge is 0.326 e. The normalized spacial score (nSPS) is 16.5. The van der Waals surface area contributed by atoms with E-state index in [-0.39, 0.29) is 18.5 Å². The number of carbonyl (C=O) groups is 1. The summed E-state index contributed by atoms with van der Waals surface area (Å²) in [5.74, 6) is 0.0126. The van der Waals surface area contributed by atoms with Crippen LogP contribution in [-0.4, -0.2) is 46.5 Å². The average Bonchev–Trinajstić information content (AvgIpc) is 3.31. The van der Waals surface area contributed by atoms with Gasteiger partial charge in [0, 0.05) is 41.8 Å². The first-order valence-corrected chi connectivity index (χ1v) is 10.3. The van der Waals surface area contributed by atoms with E-state index in [1.165, 1.54) is 4.88 Å². The van der Waals surface area contributed by atoms with Gasteiger partial charge < -0.3 is 10.2 Å². The van der Waals surface area contributed by atoms with Crippen molar-refractivity contribution < 1.29 is 4.79 Å². The summed E-state index contributed by atoms with van der Waals surface area (Å²) in [5, 5.41) is 13.3. The molecular weight excluding hydrogens is 358 g/mol. The molecule has 7 heteroatoms. The number of nitriles is 1. The molecule has 0 spiro atoms. The molecule has 2 aromatic heterocycles. The van der Waals surface area contributed by atoms with E-state index in [0.29, 0.717) is 13.1 Å². The van der Waals surface area contributed by atoms with Crippen LogP contribution in [0.1, 0.15) is 36.0 Å². The number of pyridine rings is 1. The van der Waals surface area contributed by atoms with Crippen molar-refractivity contribution in [2.45, 2.75) is 45.6 Å². The third kappa shape index (κ3) is 4.71. The van der Waals surface area contributed by atoms with Crippen molar-refractivity contribution in [1.82, 2.24) is 20.2 Å². The summed E-state index contributed by atoms with van der Waals surface area (Å²) in [6.07, 6.45) is 5.23. The molecule has 3 rings (SSSR count). The van der Waals surface area contributed by atoms with Crippen LogP contribution < -0.4 is 5.32 Å². The minimum atomic E-state index is -0.254. The smallest absolute Gasteiger partial charge is 0.237 e. The summed E-state index contributed by atoms with van der Waals surface area (Å²) in [4.78, 5) is 24.3. The number of amides is 1. The molecule has 0 aliphatic carbocycles. The Labute approximate surface area is 164 Å². The van der Waals surface area contributed by atoms with Crippen LogP contribution in [-0.2, 0) is 17.6 Å². The molecule has 142 valence electrons. The van der Waals surface area contributed by atoms with E-state index in [4.69, 9.17) is 10.2 Å². The molecule has 1 aliphatic rings.